The molecule has 0 bridgehead atoms. The maximum atomic E-state index is 11.9. The molecule has 3 rings (SSSR count). The van der Waals surface area contributed by atoms with E-state index in [4.69, 9.17) is 0 Å². The van der Waals surface area contributed by atoms with Gasteiger partial charge in [0, 0.05) is 30.4 Å². The van der Waals surface area contributed by atoms with Crippen molar-refractivity contribution in [3.63, 3.8) is 0 Å². The van der Waals surface area contributed by atoms with Crippen LogP contribution in [0.15, 0.2) is 45.5 Å². The quantitative estimate of drug-likeness (QED) is 0.231. The second-order valence-electron chi connectivity index (χ2n) is 6.36. The molecule has 1 aromatic heterocycles. The van der Waals surface area contributed by atoms with Gasteiger partial charge in [0.05, 0.1) is 15.1 Å². The monoisotopic (exact) mass is 449 g/mol. The molecule has 0 aliphatic carbocycles. The summed E-state index contributed by atoms with van der Waals surface area (Å²) in [6.45, 7) is 6.83. The van der Waals surface area contributed by atoms with Crippen molar-refractivity contribution >= 4 is 53.9 Å². The van der Waals surface area contributed by atoms with Crippen LogP contribution in [-0.4, -0.2) is 36.0 Å². The highest BCUT2D eigenvalue weighted by Crippen LogP contribution is 2.35. The van der Waals surface area contributed by atoms with E-state index in [2.05, 4.69) is 15.2 Å². The Bertz CT molecular complexity index is 1250. The topological polar surface area (TPSA) is 138 Å². The summed E-state index contributed by atoms with van der Waals surface area (Å²) in [6.07, 6.45) is 0. The first-order chi connectivity index (χ1) is 14.1. The number of rotatable bonds is 7. The molecule has 10 nitrogen and oxygen atoms in total. The maximum absolute atomic E-state index is 11.9. The predicted molar refractivity (Wildman–Crippen MR) is 115 cm³/mol. The van der Waals surface area contributed by atoms with E-state index in [-0.39, 0.29) is 21.4 Å². The van der Waals surface area contributed by atoms with E-state index in [1.54, 1.807) is 19.1 Å². The maximum Gasteiger partial charge on any atom is 0.296 e. The number of hydrogen-bond acceptors (Lipinski definition) is 9. The van der Waals surface area contributed by atoms with Gasteiger partial charge in [-0.05, 0) is 45.0 Å². The van der Waals surface area contributed by atoms with Gasteiger partial charge in [-0.1, -0.05) is 11.3 Å². The molecule has 0 spiro atoms. The van der Waals surface area contributed by atoms with Crippen molar-refractivity contribution < 1.29 is 17.9 Å². The lowest BCUT2D eigenvalue weighted by molar-refractivity contribution is -0.385. The molecule has 0 unspecified atom stereocenters. The van der Waals surface area contributed by atoms with Gasteiger partial charge in [0.1, 0.15) is 10.6 Å². The van der Waals surface area contributed by atoms with E-state index < -0.39 is 15.0 Å². The average Bonchev–Trinajstić information content (AvgIpc) is 3.07. The summed E-state index contributed by atoms with van der Waals surface area (Å²) in [7, 11) is -4.53. The van der Waals surface area contributed by atoms with Crippen molar-refractivity contribution in [2.75, 3.05) is 18.0 Å². The number of thiazole rings is 1. The van der Waals surface area contributed by atoms with Crippen LogP contribution in [0.2, 0.25) is 0 Å². The number of benzene rings is 2. The number of aryl methyl sites for hydroxylation is 1. The van der Waals surface area contributed by atoms with Gasteiger partial charge >= 0.3 is 0 Å². The van der Waals surface area contributed by atoms with Crippen molar-refractivity contribution in [1.82, 2.24) is 4.98 Å². The van der Waals surface area contributed by atoms with Gasteiger partial charge in [-0.2, -0.15) is 8.42 Å². The van der Waals surface area contributed by atoms with Gasteiger partial charge in [0.2, 0.25) is 5.13 Å². The predicted octanol–water partition coefficient (Wildman–Crippen LogP) is 5.02. The highest BCUT2D eigenvalue weighted by atomic mass is 32.2. The Morgan fingerprint density at radius 1 is 1.20 bits per heavy atom. The van der Waals surface area contributed by atoms with Crippen molar-refractivity contribution in [3.8, 4) is 0 Å². The minimum atomic E-state index is -4.53. The van der Waals surface area contributed by atoms with E-state index >= 15 is 0 Å². The second-order valence-corrected chi connectivity index (χ2v) is 8.76. The van der Waals surface area contributed by atoms with Crippen LogP contribution in [0.3, 0.4) is 0 Å². The van der Waals surface area contributed by atoms with E-state index in [9.17, 15) is 23.1 Å². The summed E-state index contributed by atoms with van der Waals surface area (Å²) in [6, 6.07) is 7.51. The Hall–Kier alpha value is -2.96. The molecule has 0 saturated carbocycles. The first-order valence-corrected chi connectivity index (χ1v) is 11.2. The third kappa shape index (κ3) is 4.45. The zero-order valence-electron chi connectivity index (χ0n) is 16.4. The van der Waals surface area contributed by atoms with Gasteiger partial charge < -0.3 is 4.90 Å². The Balaban J connectivity index is 2.02. The van der Waals surface area contributed by atoms with E-state index in [1.165, 1.54) is 29.5 Å². The van der Waals surface area contributed by atoms with Crippen LogP contribution in [-0.2, 0) is 10.1 Å². The molecule has 0 amide bonds. The third-order valence-corrected chi connectivity index (χ3v) is 6.27. The molecule has 0 aliphatic heterocycles. The molecule has 158 valence electrons. The van der Waals surface area contributed by atoms with E-state index in [0.29, 0.717) is 34.6 Å². The number of fused-ring (bicyclic) bond motifs is 1. The number of azo groups is 1. The molecule has 0 radical (unpaired) electrons. The lowest BCUT2D eigenvalue weighted by Crippen LogP contribution is -2.22. The molecule has 2 aromatic carbocycles. The minimum Gasteiger partial charge on any atom is -0.372 e. The van der Waals surface area contributed by atoms with E-state index in [0.717, 1.165) is 0 Å². The number of nitrogens with zero attached hydrogens (tertiary/aromatic N) is 5. The lowest BCUT2D eigenvalue weighted by Gasteiger charge is -2.21. The summed E-state index contributed by atoms with van der Waals surface area (Å²) in [5.74, 6) is 0. The molecule has 1 heterocycles. The first kappa shape index (κ1) is 21.7. The number of hydrogen-bond donors (Lipinski definition) is 1. The summed E-state index contributed by atoms with van der Waals surface area (Å²) in [4.78, 5) is 16.4. The third-order valence-electron chi connectivity index (χ3n) is 4.48. The summed E-state index contributed by atoms with van der Waals surface area (Å²) in [5.41, 5.74) is 1.46. The Morgan fingerprint density at radius 3 is 2.50 bits per heavy atom. The summed E-state index contributed by atoms with van der Waals surface area (Å²) < 4.78 is 34.0. The highest BCUT2D eigenvalue weighted by Gasteiger charge is 2.19. The molecule has 1 N–H and O–H groups in total. The normalized spacial score (nSPS) is 12.0. The number of nitro benzene ring substituents is 1. The fourth-order valence-corrected chi connectivity index (χ4v) is 4.48. The number of anilines is 1. The van der Waals surface area contributed by atoms with Gasteiger partial charge in [-0.3, -0.25) is 14.7 Å². The van der Waals surface area contributed by atoms with Crippen LogP contribution in [0.5, 0.6) is 0 Å². The molecular formula is C18H19N5O5S2. The van der Waals surface area contributed by atoms with Crippen LogP contribution in [0.4, 0.5) is 22.2 Å². The Kier molecular flexibility index (Phi) is 6.10. The van der Waals surface area contributed by atoms with Crippen LogP contribution in [0.1, 0.15) is 19.4 Å². The van der Waals surface area contributed by atoms with Gasteiger partial charge in [-0.15, -0.1) is 10.2 Å². The summed E-state index contributed by atoms with van der Waals surface area (Å²) in [5, 5.41) is 19.2. The second kappa shape index (κ2) is 8.42. The van der Waals surface area contributed by atoms with E-state index in [1.807, 2.05) is 18.7 Å². The number of aromatic nitrogens is 1. The molecule has 0 aliphatic rings. The Morgan fingerprint density at radius 2 is 1.90 bits per heavy atom. The standard InChI is InChI=1S/C18H19N5O5S2/c1-4-22(5-2)12-6-7-13(17(9-12)30(26,27)28)20-21-18-19-14-10-15(23(24)25)11(3)8-16(14)29-18/h6-10H,4-5H2,1-3H3,(H,26,27,28)/b21-20+. The fraction of sp³-hybridized carbons (Fsp3) is 0.278. The minimum absolute atomic E-state index is 0.0326. The molecule has 3 aromatic rings. The highest BCUT2D eigenvalue weighted by molar-refractivity contribution is 7.86. The first-order valence-electron chi connectivity index (χ1n) is 8.97. The smallest absolute Gasteiger partial charge is 0.296 e. The zero-order valence-corrected chi connectivity index (χ0v) is 18.1. The van der Waals surface area contributed by atoms with Crippen molar-refractivity contribution in [3.05, 3.63) is 46.0 Å². The van der Waals surface area contributed by atoms with Crippen LogP contribution < -0.4 is 4.90 Å². The largest absolute Gasteiger partial charge is 0.372 e. The Labute approximate surface area is 176 Å². The number of nitro groups is 1. The molecule has 0 atom stereocenters. The fourth-order valence-electron chi connectivity index (χ4n) is 2.97. The molecule has 0 fully saturated rings. The van der Waals surface area contributed by atoms with Gasteiger partial charge in [0.25, 0.3) is 15.8 Å². The van der Waals surface area contributed by atoms with Crippen LogP contribution in [0, 0.1) is 17.0 Å². The molecule has 12 heteroatoms. The van der Waals surface area contributed by atoms with Crippen molar-refractivity contribution in [2.45, 2.75) is 25.7 Å². The summed E-state index contributed by atoms with van der Waals surface area (Å²) >= 11 is 1.17. The average molecular weight is 450 g/mol. The lowest BCUT2D eigenvalue weighted by atomic mass is 10.2. The van der Waals surface area contributed by atoms with Gasteiger partial charge in [0.15, 0.2) is 0 Å². The van der Waals surface area contributed by atoms with Gasteiger partial charge in [-0.25, -0.2) is 4.98 Å². The SMILES string of the molecule is CCN(CC)c1ccc(/N=N/c2nc3cc([N+](=O)[O-])c(C)cc3s2)c(S(=O)(=O)O)c1. The van der Waals surface area contributed by atoms with Crippen LogP contribution >= 0.6 is 11.3 Å². The van der Waals surface area contributed by atoms with Crippen molar-refractivity contribution in [2.24, 2.45) is 10.2 Å². The molecule has 30 heavy (non-hydrogen) atoms. The molecular weight excluding hydrogens is 430 g/mol. The van der Waals surface area contributed by atoms with Crippen molar-refractivity contribution in [1.29, 1.82) is 0 Å². The molecule has 0 saturated heterocycles. The van der Waals surface area contributed by atoms with Crippen LogP contribution in [0.25, 0.3) is 10.2 Å². The zero-order chi connectivity index (χ0) is 22.1.